The molecule has 1 atom stereocenters. The highest BCUT2D eigenvalue weighted by Crippen LogP contribution is 2.23. The van der Waals surface area contributed by atoms with E-state index in [-0.39, 0.29) is 30.1 Å². The van der Waals surface area contributed by atoms with Crippen molar-refractivity contribution in [2.45, 2.75) is 12.6 Å². The van der Waals surface area contributed by atoms with Gasteiger partial charge in [0.05, 0.1) is 19.3 Å². The zero-order valence-corrected chi connectivity index (χ0v) is 19.3. The molecular weight excluding hydrogens is 532 g/mol. The minimum Gasteiger partial charge on any atom is -0.370 e. The van der Waals surface area contributed by atoms with Crippen molar-refractivity contribution in [1.82, 2.24) is 20.0 Å². The molecule has 1 saturated heterocycles. The van der Waals surface area contributed by atoms with E-state index in [9.17, 15) is 0 Å². The van der Waals surface area contributed by atoms with E-state index in [0.717, 1.165) is 39.7 Å². The summed E-state index contributed by atoms with van der Waals surface area (Å²) in [6, 6.07) is 5.89. The summed E-state index contributed by atoms with van der Waals surface area (Å²) in [6.07, 6.45) is 3.84. The number of hydrogen-bond donors (Lipinski definition) is 1. The third-order valence-corrected chi connectivity index (χ3v) is 4.97. The van der Waals surface area contributed by atoms with Crippen molar-refractivity contribution in [2.75, 3.05) is 26.7 Å². The van der Waals surface area contributed by atoms with E-state index in [1.54, 1.807) is 11.7 Å². The molecule has 9 heteroatoms. The summed E-state index contributed by atoms with van der Waals surface area (Å²) in [5.41, 5.74) is 2.11. The first-order valence-corrected chi connectivity index (χ1v) is 9.23. The van der Waals surface area contributed by atoms with E-state index >= 15 is 0 Å². The van der Waals surface area contributed by atoms with Crippen molar-refractivity contribution in [3.63, 3.8) is 0 Å². The molecule has 1 aromatic heterocycles. The Morgan fingerprint density at radius 2 is 2.31 bits per heavy atom. The lowest BCUT2D eigenvalue weighted by atomic mass is 10.1. The highest BCUT2D eigenvalue weighted by Gasteiger charge is 2.25. The maximum Gasteiger partial charge on any atom is 0.194 e. The first-order chi connectivity index (χ1) is 12.1. The molecule has 1 fully saturated rings. The zero-order chi connectivity index (χ0) is 17.8. The second kappa shape index (κ2) is 9.91. The Kier molecular flexibility index (Phi) is 8.18. The van der Waals surface area contributed by atoms with Gasteiger partial charge in [-0.25, -0.2) is 0 Å². The lowest BCUT2D eigenvalue weighted by molar-refractivity contribution is -0.00805. The average Bonchev–Trinajstić information content (AvgIpc) is 3.04. The number of aliphatic imine (C=N–C) groups is 1. The molecule has 1 N–H and O–H groups in total. The number of ether oxygens (including phenoxy) is 1. The number of aryl methyl sites for hydroxylation is 1. The lowest BCUT2D eigenvalue weighted by Crippen LogP contribution is -2.47. The topological polar surface area (TPSA) is 54.7 Å². The Morgan fingerprint density at radius 1 is 1.50 bits per heavy atom. The van der Waals surface area contributed by atoms with Gasteiger partial charge >= 0.3 is 0 Å². The summed E-state index contributed by atoms with van der Waals surface area (Å²) >= 11 is 9.72. The third-order valence-electron chi connectivity index (χ3n) is 4.13. The molecular formula is C17H22BrClIN5O. The number of morpholine rings is 1. The lowest BCUT2D eigenvalue weighted by Gasteiger charge is -2.34. The predicted molar refractivity (Wildman–Crippen MR) is 118 cm³/mol. The number of aromatic nitrogens is 2. The Hall–Kier alpha value is -0.840. The second-order valence-corrected chi connectivity index (χ2v) is 7.21. The van der Waals surface area contributed by atoms with Crippen molar-refractivity contribution in [2.24, 2.45) is 12.0 Å². The molecule has 0 saturated carbocycles. The van der Waals surface area contributed by atoms with Crippen LogP contribution in [0.25, 0.3) is 0 Å². The standard InChI is InChI=1S/C17H21BrClN5O.HI/c1-20-17(21-8-12-3-4-14(18)7-15(12)19)24-5-6-25-16(11-24)13-9-22-23(2)10-13;/h3-4,7,9-10,16H,5-6,8,11H2,1-2H3,(H,20,21);1H. The van der Waals surface area contributed by atoms with Crippen molar-refractivity contribution < 1.29 is 4.74 Å². The molecule has 1 aromatic carbocycles. The fourth-order valence-corrected chi connectivity index (χ4v) is 3.56. The van der Waals surface area contributed by atoms with Crippen LogP contribution >= 0.6 is 51.5 Å². The van der Waals surface area contributed by atoms with Crippen LogP contribution in [-0.2, 0) is 18.3 Å². The Balaban J connectivity index is 0.00000243. The molecule has 3 rings (SSSR count). The number of hydrogen-bond acceptors (Lipinski definition) is 3. The molecule has 0 aliphatic carbocycles. The summed E-state index contributed by atoms with van der Waals surface area (Å²) < 4.78 is 8.66. The van der Waals surface area contributed by atoms with Gasteiger partial charge in [0.25, 0.3) is 0 Å². The van der Waals surface area contributed by atoms with Gasteiger partial charge < -0.3 is 15.0 Å². The number of halogens is 3. The highest BCUT2D eigenvalue weighted by molar-refractivity contribution is 14.0. The van der Waals surface area contributed by atoms with Crippen LogP contribution in [0.2, 0.25) is 5.02 Å². The number of rotatable bonds is 3. The van der Waals surface area contributed by atoms with E-state index < -0.39 is 0 Å². The first kappa shape index (κ1) is 21.5. The molecule has 6 nitrogen and oxygen atoms in total. The summed E-state index contributed by atoms with van der Waals surface area (Å²) in [4.78, 5) is 6.61. The van der Waals surface area contributed by atoms with Gasteiger partial charge in [-0.3, -0.25) is 9.67 Å². The quantitative estimate of drug-likeness (QED) is 0.358. The van der Waals surface area contributed by atoms with Crippen LogP contribution in [0.15, 0.2) is 40.1 Å². The van der Waals surface area contributed by atoms with Gasteiger partial charge in [-0.2, -0.15) is 5.10 Å². The minimum atomic E-state index is -0.00253. The second-order valence-electron chi connectivity index (χ2n) is 5.89. The highest BCUT2D eigenvalue weighted by atomic mass is 127. The molecule has 1 aliphatic rings. The fraction of sp³-hybridized carbons (Fsp3) is 0.412. The minimum absolute atomic E-state index is 0. The maximum absolute atomic E-state index is 6.29. The molecule has 26 heavy (non-hydrogen) atoms. The Labute approximate surface area is 184 Å². The van der Waals surface area contributed by atoms with E-state index in [4.69, 9.17) is 16.3 Å². The van der Waals surface area contributed by atoms with E-state index in [1.807, 2.05) is 37.6 Å². The number of benzene rings is 1. The first-order valence-electron chi connectivity index (χ1n) is 8.06. The van der Waals surface area contributed by atoms with E-state index in [0.29, 0.717) is 13.2 Å². The van der Waals surface area contributed by atoms with Gasteiger partial charge in [0.15, 0.2) is 5.96 Å². The van der Waals surface area contributed by atoms with Gasteiger partial charge in [-0.1, -0.05) is 33.6 Å². The van der Waals surface area contributed by atoms with Crippen molar-refractivity contribution in [1.29, 1.82) is 0 Å². The van der Waals surface area contributed by atoms with Crippen molar-refractivity contribution in [3.05, 3.63) is 51.2 Å². The SMILES string of the molecule is CN=C(NCc1ccc(Br)cc1Cl)N1CCOC(c2cnn(C)c2)C1.I. The number of guanidine groups is 1. The van der Waals surface area contributed by atoms with Crippen LogP contribution < -0.4 is 5.32 Å². The van der Waals surface area contributed by atoms with Crippen LogP contribution in [0.4, 0.5) is 0 Å². The summed E-state index contributed by atoms with van der Waals surface area (Å²) in [5, 5.41) is 8.35. The Bertz CT molecular complexity index is 769. The van der Waals surface area contributed by atoms with Gasteiger partial charge in [0.2, 0.25) is 0 Å². The summed E-state index contributed by atoms with van der Waals surface area (Å²) in [5.74, 6) is 0.844. The predicted octanol–water partition coefficient (Wildman–Crippen LogP) is 3.60. The van der Waals surface area contributed by atoms with Crippen molar-refractivity contribution >= 4 is 57.5 Å². The fourth-order valence-electron chi connectivity index (χ4n) is 2.82. The van der Waals surface area contributed by atoms with E-state index in [1.165, 1.54) is 0 Å². The molecule has 0 amide bonds. The third kappa shape index (κ3) is 5.34. The van der Waals surface area contributed by atoms with Gasteiger partial charge in [0.1, 0.15) is 6.10 Å². The maximum atomic E-state index is 6.29. The van der Waals surface area contributed by atoms with E-state index in [2.05, 4.69) is 36.2 Å². The normalized spacial score (nSPS) is 17.8. The molecule has 1 unspecified atom stereocenters. The van der Waals surface area contributed by atoms with Crippen LogP contribution in [0.3, 0.4) is 0 Å². The van der Waals surface area contributed by atoms with Crippen LogP contribution in [0.5, 0.6) is 0 Å². The molecule has 2 aromatic rings. The Morgan fingerprint density at radius 3 is 2.96 bits per heavy atom. The van der Waals surface area contributed by atoms with Crippen LogP contribution in [0.1, 0.15) is 17.2 Å². The van der Waals surface area contributed by atoms with Gasteiger partial charge in [0, 0.05) is 48.4 Å². The zero-order valence-electron chi connectivity index (χ0n) is 14.7. The molecule has 0 radical (unpaired) electrons. The molecule has 2 heterocycles. The average molecular weight is 555 g/mol. The summed E-state index contributed by atoms with van der Waals surface area (Å²) in [7, 11) is 3.70. The van der Waals surface area contributed by atoms with Gasteiger partial charge in [-0.15, -0.1) is 24.0 Å². The number of nitrogens with one attached hydrogen (secondary N) is 1. The summed E-state index contributed by atoms with van der Waals surface area (Å²) in [6.45, 7) is 2.80. The van der Waals surface area contributed by atoms with Crippen LogP contribution in [0, 0.1) is 0 Å². The molecule has 1 aliphatic heterocycles. The monoisotopic (exact) mass is 553 g/mol. The molecule has 142 valence electrons. The van der Waals surface area contributed by atoms with Crippen LogP contribution in [-0.4, -0.2) is 47.4 Å². The largest absolute Gasteiger partial charge is 0.370 e. The van der Waals surface area contributed by atoms with Gasteiger partial charge in [-0.05, 0) is 17.7 Å². The molecule has 0 spiro atoms. The number of nitrogens with zero attached hydrogens (tertiary/aromatic N) is 4. The van der Waals surface area contributed by atoms with Crippen molar-refractivity contribution in [3.8, 4) is 0 Å². The smallest absolute Gasteiger partial charge is 0.194 e. The molecule has 0 bridgehead atoms.